The maximum atomic E-state index is 12.5. The Morgan fingerprint density at radius 2 is 1.83 bits per heavy atom. The molecular weight excluding hydrogens is 311 g/mol. The Hall–Kier alpha value is -2.05. The number of aliphatic carboxylic acids is 1. The lowest BCUT2D eigenvalue weighted by Crippen LogP contribution is -2.46. The Balaban J connectivity index is 2.02. The van der Waals surface area contributed by atoms with Crippen LogP contribution in [0.5, 0.6) is 0 Å². The number of nitrogens with one attached hydrogen (secondary N) is 1. The number of carboxylic acids is 1. The van der Waals surface area contributed by atoms with Crippen molar-refractivity contribution in [2.75, 3.05) is 0 Å². The van der Waals surface area contributed by atoms with Crippen LogP contribution in [0.1, 0.15) is 37.3 Å². The van der Waals surface area contributed by atoms with E-state index in [4.69, 9.17) is 5.11 Å². The summed E-state index contributed by atoms with van der Waals surface area (Å²) in [4.78, 5) is 23.3. The molecule has 1 unspecified atom stereocenters. The minimum Gasteiger partial charge on any atom is -0.480 e. The first kappa shape index (κ1) is 17.3. The molecule has 7 heteroatoms. The van der Waals surface area contributed by atoms with Crippen molar-refractivity contribution in [3.8, 4) is 0 Å². The third kappa shape index (κ3) is 4.03. The van der Waals surface area contributed by atoms with Crippen molar-refractivity contribution in [1.82, 2.24) is 5.32 Å². The van der Waals surface area contributed by atoms with Crippen LogP contribution < -0.4 is 5.32 Å². The smallest absolute Gasteiger partial charge is 0.416 e. The third-order valence-corrected chi connectivity index (χ3v) is 4.15. The first-order valence-electron chi connectivity index (χ1n) is 7.39. The highest BCUT2D eigenvalue weighted by Gasteiger charge is 2.52. The summed E-state index contributed by atoms with van der Waals surface area (Å²) in [6, 6.07) is 4.67. The van der Waals surface area contributed by atoms with E-state index >= 15 is 0 Å². The number of rotatable bonds is 6. The molecule has 1 atom stereocenters. The van der Waals surface area contributed by atoms with Crippen molar-refractivity contribution in [1.29, 1.82) is 0 Å². The molecule has 1 aromatic rings. The number of amides is 1. The topological polar surface area (TPSA) is 66.4 Å². The number of carboxylic acid groups (broad SMARTS) is 1. The molecule has 1 aliphatic rings. The van der Waals surface area contributed by atoms with Gasteiger partial charge in [0.25, 0.3) is 0 Å². The van der Waals surface area contributed by atoms with Crippen LogP contribution in [0.15, 0.2) is 24.3 Å². The van der Waals surface area contributed by atoms with Crippen LogP contribution in [0.4, 0.5) is 13.2 Å². The molecule has 23 heavy (non-hydrogen) atoms. The van der Waals surface area contributed by atoms with E-state index in [2.05, 4.69) is 5.32 Å². The molecule has 126 valence electrons. The van der Waals surface area contributed by atoms with Gasteiger partial charge in [0.05, 0.1) is 5.56 Å². The largest absolute Gasteiger partial charge is 0.480 e. The zero-order valence-corrected chi connectivity index (χ0v) is 12.6. The van der Waals surface area contributed by atoms with Crippen LogP contribution >= 0.6 is 0 Å². The Morgan fingerprint density at radius 1 is 1.26 bits per heavy atom. The van der Waals surface area contributed by atoms with Crippen molar-refractivity contribution in [3.63, 3.8) is 0 Å². The first-order chi connectivity index (χ1) is 10.7. The van der Waals surface area contributed by atoms with Gasteiger partial charge in [-0.1, -0.05) is 19.1 Å². The van der Waals surface area contributed by atoms with E-state index in [1.54, 1.807) is 6.92 Å². The molecule has 0 bridgehead atoms. The van der Waals surface area contributed by atoms with Crippen LogP contribution in [0.3, 0.4) is 0 Å². The van der Waals surface area contributed by atoms with E-state index in [9.17, 15) is 22.8 Å². The second-order valence-corrected chi connectivity index (χ2v) is 5.88. The molecule has 1 aromatic carbocycles. The van der Waals surface area contributed by atoms with E-state index in [0.29, 0.717) is 24.8 Å². The first-order valence-corrected chi connectivity index (χ1v) is 7.39. The number of carbonyl (C=O) groups is 2. The molecule has 0 heterocycles. The predicted octanol–water partition coefficient (Wildman–Crippen LogP) is 3.01. The van der Waals surface area contributed by atoms with Crippen LogP contribution in [-0.4, -0.2) is 22.5 Å². The van der Waals surface area contributed by atoms with Crippen LogP contribution in [-0.2, 0) is 22.2 Å². The number of hydrogen-bond donors (Lipinski definition) is 2. The fourth-order valence-corrected chi connectivity index (χ4v) is 2.39. The van der Waals surface area contributed by atoms with Crippen molar-refractivity contribution < 1.29 is 27.9 Å². The number of hydrogen-bond acceptors (Lipinski definition) is 2. The zero-order chi connectivity index (χ0) is 17.3. The SMILES string of the molecule is CCC(Cc1ccc(C(F)(F)F)cc1)C(=O)NC1(C(=O)O)CC1. The Labute approximate surface area is 131 Å². The predicted molar refractivity (Wildman–Crippen MR) is 76.7 cm³/mol. The fraction of sp³-hybridized carbons (Fsp3) is 0.500. The van der Waals surface area contributed by atoms with Gasteiger partial charge in [0.1, 0.15) is 5.54 Å². The average molecular weight is 329 g/mol. The van der Waals surface area contributed by atoms with Crippen LogP contribution in [0.25, 0.3) is 0 Å². The van der Waals surface area contributed by atoms with Crippen LogP contribution in [0.2, 0.25) is 0 Å². The molecule has 0 saturated heterocycles. The number of benzene rings is 1. The Morgan fingerprint density at radius 3 is 2.22 bits per heavy atom. The van der Waals surface area contributed by atoms with Gasteiger partial charge in [-0.2, -0.15) is 13.2 Å². The van der Waals surface area contributed by atoms with E-state index < -0.39 is 29.2 Å². The molecule has 0 aromatic heterocycles. The number of alkyl halides is 3. The lowest BCUT2D eigenvalue weighted by molar-refractivity contribution is -0.143. The standard InChI is InChI=1S/C16H18F3NO3/c1-2-11(13(21)20-15(7-8-15)14(22)23)9-10-3-5-12(6-4-10)16(17,18)19/h3-6,11H,2,7-9H2,1H3,(H,20,21)(H,22,23). The monoisotopic (exact) mass is 329 g/mol. The second-order valence-electron chi connectivity index (χ2n) is 5.88. The lowest BCUT2D eigenvalue weighted by Gasteiger charge is -2.19. The summed E-state index contributed by atoms with van der Waals surface area (Å²) in [7, 11) is 0. The van der Waals surface area contributed by atoms with Gasteiger partial charge in [-0.05, 0) is 43.4 Å². The summed E-state index contributed by atoms with van der Waals surface area (Å²) in [5, 5.41) is 11.6. The van der Waals surface area contributed by atoms with Gasteiger partial charge < -0.3 is 10.4 Å². The average Bonchev–Trinajstić information content (AvgIpc) is 3.25. The zero-order valence-electron chi connectivity index (χ0n) is 12.6. The summed E-state index contributed by atoms with van der Waals surface area (Å²) < 4.78 is 37.6. The van der Waals surface area contributed by atoms with Gasteiger partial charge in [0.2, 0.25) is 5.91 Å². The highest BCUT2D eigenvalue weighted by Crippen LogP contribution is 2.36. The van der Waals surface area contributed by atoms with Gasteiger partial charge >= 0.3 is 12.1 Å². The van der Waals surface area contributed by atoms with E-state index in [1.165, 1.54) is 12.1 Å². The third-order valence-electron chi connectivity index (χ3n) is 4.15. The molecule has 0 radical (unpaired) electrons. The molecule has 0 spiro atoms. The van der Waals surface area contributed by atoms with E-state index in [-0.39, 0.29) is 12.3 Å². The minimum absolute atomic E-state index is 0.274. The molecule has 1 aliphatic carbocycles. The number of carbonyl (C=O) groups excluding carboxylic acids is 1. The molecule has 4 nitrogen and oxygen atoms in total. The highest BCUT2D eigenvalue weighted by atomic mass is 19.4. The maximum Gasteiger partial charge on any atom is 0.416 e. The summed E-state index contributed by atoms with van der Waals surface area (Å²) in [5.74, 6) is -1.88. The highest BCUT2D eigenvalue weighted by molar-refractivity contribution is 5.90. The summed E-state index contributed by atoms with van der Waals surface area (Å²) in [6.07, 6.45) is -2.83. The molecular formula is C16H18F3NO3. The van der Waals surface area contributed by atoms with E-state index in [0.717, 1.165) is 12.1 Å². The van der Waals surface area contributed by atoms with Gasteiger partial charge in [0, 0.05) is 5.92 Å². The van der Waals surface area contributed by atoms with Crippen molar-refractivity contribution in [2.24, 2.45) is 5.92 Å². The fourth-order valence-electron chi connectivity index (χ4n) is 2.39. The molecule has 1 saturated carbocycles. The molecule has 1 fully saturated rings. The van der Waals surface area contributed by atoms with Crippen molar-refractivity contribution >= 4 is 11.9 Å². The summed E-state index contributed by atoms with van der Waals surface area (Å²) >= 11 is 0. The van der Waals surface area contributed by atoms with Crippen LogP contribution in [0, 0.1) is 5.92 Å². The van der Waals surface area contributed by atoms with Crippen molar-refractivity contribution in [2.45, 2.75) is 44.3 Å². The van der Waals surface area contributed by atoms with Gasteiger partial charge in [-0.15, -0.1) is 0 Å². The van der Waals surface area contributed by atoms with E-state index in [1.807, 2.05) is 0 Å². The number of halogens is 3. The molecule has 1 amide bonds. The van der Waals surface area contributed by atoms with Crippen molar-refractivity contribution in [3.05, 3.63) is 35.4 Å². The second kappa shape index (κ2) is 6.22. The Bertz CT molecular complexity index is 592. The van der Waals surface area contributed by atoms with Gasteiger partial charge in [-0.3, -0.25) is 4.79 Å². The summed E-state index contributed by atoms with van der Waals surface area (Å²) in [6.45, 7) is 1.79. The molecule has 2 rings (SSSR count). The maximum absolute atomic E-state index is 12.5. The molecule has 0 aliphatic heterocycles. The van der Waals surface area contributed by atoms with Gasteiger partial charge in [0.15, 0.2) is 0 Å². The Kier molecular flexibility index (Phi) is 4.68. The van der Waals surface area contributed by atoms with Gasteiger partial charge in [-0.25, -0.2) is 4.79 Å². The molecule has 2 N–H and O–H groups in total. The quantitative estimate of drug-likeness (QED) is 0.843. The normalized spacial score (nSPS) is 17.4. The summed E-state index contributed by atoms with van der Waals surface area (Å²) in [5.41, 5.74) is -1.27. The lowest BCUT2D eigenvalue weighted by atomic mass is 9.95. The minimum atomic E-state index is -4.39.